The van der Waals surface area contributed by atoms with Crippen LogP contribution in [0.5, 0.6) is 0 Å². The summed E-state index contributed by atoms with van der Waals surface area (Å²) in [6.07, 6.45) is -1.40. The van der Waals surface area contributed by atoms with Gasteiger partial charge in [0.1, 0.15) is 12.1 Å². The summed E-state index contributed by atoms with van der Waals surface area (Å²) in [6.45, 7) is 0. The van der Waals surface area contributed by atoms with Gasteiger partial charge in [0.2, 0.25) is 0 Å². The average molecular weight is 400 g/mol. The third-order valence-electron chi connectivity index (χ3n) is 5.04. The first kappa shape index (κ1) is 19.2. The molecule has 1 aliphatic rings. The van der Waals surface area contributed by atoms with E-state index in [1.165, 1.54) is 18.0 Å². The predicted octanol–water partition coefficient (Wildman–Crippen LogP) is 4.34. The van der Waals surface area contributed by atoms with E-state index in [2.05, 4.69) is 15.3 Å². The van der Waals surface area contributed by atoms with Crippen LogP contribution in [0.1, 0.15) is 23.1 Å². The Morgan fingerprint density at radius 3 is 2.69 bits per heavy atom. The number of fused-ring (bicyclic) bond motifs is 1. The minimum absolute atomic E-state index is 0.00955. The van der Waals surface area contributed by atoms with Crippen LogP contribution in [0.4, 0.5) is 30.4 Å². The van der Waals surface area contributed by atoms with Gasteiger partial charge in [-0.05, 0) is 42.2 Å². The highest BCUT2D eigenvalue weighted by Crippen LogP contribution is 2.35. The zero-order valence-corrected chi connectivity index (χ0v) is 15.4. The largest absolute Gasteiger partial charge is 0.416 e. The molecule has 3 aromatic rings. The van der Waals surface area contributed by atoms with Crippen molar-refractivity contribution in [3.05, 3.63) is 65.5 Å². The lowest BCUT2D eigenvalue weighted by molar-refractivity contribution is -0.137. The zero-order chi connectivity index (χ0) is 20.6. The van der Waals surface area contributed by atoms with Gasteiger partial charge < -0.3 is 16.2 Å². The number of halogens is 3. The molecule has 1 aliphatic carbocycles. The van der Waals surface area contributed by atoms with E-state index < -0.39 is 11.7 Å². The van der Waals surface area contributed by atoms with Crippen molar-refractivity contribution < 1.29 is 18.3 Å². The second-order valence-electron chi connectivity index (χ2n) is 7.05. The van der Waals surface area contributed by atoms with E-state index in [-0.39, 0.29) is 11.8 Å². The van der Waals surface area contributed by atoms with Crippen LogP contribution in [-0.4, -0.2) is 21.2 Å². The molecule has 0 saturated heterocycles. The highest BCUT2D eigenvalue weighted by atomic mass is 19.4. The van der Waals surface area contributed by atoms with Gasteiger partial charge in [0.25, 0.3) is 0 Å². The van der Waals surface area contributed by atoms with Gasteiger partial charge >= 0.3 is 6.18 Å². The normalized spacial score (nSPS) is 16.3. The highest BCUT2D eigenvalue weighted by Gasteiger charge is 2.31. The number of aromatic nitrogens is 2. The number of aryl methyl sites for hydroxylation is 1. The van der Waals surface area contributed by atoms with E-state index in [9.17, 15) is 18.3 Å². The van der Waals surface area contributed by atoms with Gasteiger partial charge in [-0.1, -0.05) is 18.2 Å². The number of aliphatic hydroxyl groups is 1. The van der Waals surface area contributed by atoms with Crippen molar-refractivity contribution in [1.29, 1.82) is 0 Å². The van der Waals surface area contributed by atoms with Gasteiger partial charge in [-0.2, -0.15) is 13.2 Å². The van der Waals surface area contributed by atoms with Crippen molar-refractivity contribution >= 4 is 17.2 Å². The van der Waals surface area contributed by atoms with E-state index in [0.717, 1.165) is 36.2 Å². The molecule has 0 radical (unpaired) electrons. The number of benzene rings is 2. The fourth-order valence-electron chi connectivity index (χ4n) is 3.57. The number of alkyl halides is 3. The summed E-state index contributed by atoms with van der Waals surface area (Å²) in [5.41, 5.74) is 8.91. The van der Waals surface area contributed by atoms with Crippen molar-refractivity contribution in [2.24, 2.45) is 0 Å². The van der Waals surface area contributed by atoms with Crippen LogP contribution in [0, 0.1) is 0 Å². The first-order chi connectivity index (χ1) is 13.8. The van der Waals surface area contributed by atoms with E-state index in [1.807, 2.05) is 18.2 Å². The molecule has 0 aliphatic heterocycles. The summed E-state index contributed by atoms with van der Waals surface area (Å²) in [5, 5.41) is 13.2. The SMILES string of the molecule is Nc1cc(C(F)(F)F)ccc1-c1cc(Nc2cccc3c2CC(O)CC3)ncn1. The smallest absolute Gasteiger partial charge is 0.398 e. The molecule has 8 heteroatoms. The lowest BCUT2D eigenvalue weighted by Crippen LogP contribution is -2.19. The molecule has 1 heterocycles. The third-order valence-corrected chi connectivity index (χ3v) is 5.04. The first-order valence-electron chi connectivity index (χ1n) is 9.16. The van der Waals surface area contributed by atoms with Gasteiger partial charge in [-0.25, -0.2) is 9.97 Å². The van der Waals surface area contributed by atoms with Gasteiger partial charge in [0.05, 0.1) is 17.4 Å². The van der Waals surface area contributed by atoms with Crippen LogP contribution < -0.4 is 11.1 Å². The Bertz CT molecular complexity index is 1050. The number of nitrogens with one attached hydrogen (secondary N) is 1. The third kappa shape index (κ3) is 4.02. The van der Waals surface area contributed by atoms with Gasteiger partial charge in [0.15, 0.2) is 0 Å². The van der Waals surface area contributed by atoms with Crippen LogP contribution in [-0.2, 0) is 19.0 Å². The summed E-state index contributed by atoms with van der Waals surface area (Å²) in [4.78, 5) is 8.36. The standard InChI is InChI=1S/C21H19F3N4O/c22-21(23,24)13-5-7-15(17(25)8-13)19-10-20(27-11-26-19)28-18-3-1-2-12-4-6-14(29)9-16(12)18/h1-3,5,7-8,10-11,14,29H,4,6,9,25H2,(H,26,27,28). The molecule has 0 fully saturated rings. The molecular weight excluding hydrogens is 381 g/mol. The molecule has 1 unspecified atom stereocenters. The first-order valence-corrected chi connectivity index (χ1v) is 9.16. The molecule has 4 N–H and O–H groups in total. The molecule has 150 valence electrons. The highest BCUT2D eigenvalue weighted by molar-refractivity contribution is 5.76. The molecule has 1 atom stereocenters. The monoisotopic (exact) mass is 400 g/mol. The summed E-state index contributed by atoms with van der Waals surface area (Å²) in [5.74, 6) is 0.489. The fraction of sp³-hybridized carbons (Fsp3) is 0.238. The Morgan fingerprint density at radius 2 is 1.93 bits per heavy atom. The van der Waals surface area contributed by atoms with Crippen molar-refractivity contribution in [2.75, 3.05) is 11.1 Å². The number of hydrogen-bond donors (Lipinski definition) is 3. The number of rotatable bonds is 3. The fourth-order valence-corrected chi connectivity index (χ4v) is 3.57. The predicted molar refractivity (Wildman–Crippen MR) is 105 cm³/mol. The maximum Gasteiger partial charge on any atom is 0.416 e. The summed E-state index contributed by atoms with van der Waals surface area (Å²) in [6, 6.07) is 10.7. The Morgan fingerprint density at radius 1 is 1.10 bits per heavy atom. The molecule has 5 nitrogen and oxygen atoms in total. The quantitative estimate of drug-likeness (QED) is 0.570. The zero-order valence-electron chi connectivity index (χ0n) is 15.4. The number of nitrogens with two attached hydrogens (primary N) is 1. The van der Waals surface area contributed by atoms with E-state index in [4.69, 9.17) is 5.73 Å². The van der Waals surface area contributed by atoms with Crippen LogP contribution in [0.2, 0.25) is 0 Å². The second-order valence-corrected chi connectivity index (χ2v) is 7.05. The number of aliphatic hydroxyl groups excluding tert-OH is 1. The van der Waals surface area contributed by atoms with Crippen LogP contribution >= 0.6 is 0 Å². The average Bonchev–Trinajstić information content (AvgIpc) is 2.68. The Kier molecular flexibility index (Phi) is 4.87. The maximum atomic E-state index is 12.9. The molecule has 0 saturated carbocycles. The minimum atomic E-state index is -4.46. The lowest BCUT2D eigenvalue weighted by atomic mass is 9.88. The summed E-state index contributed by atoms with van der Waals surface area (Å²) < 4.78 is 38.6. The second kappa shape index (κ2) is 7.36. The van der Waals surface area contributed by atoms with Crippen molar-refractivity contribution in [1.82, 2.24) is 9.97 Å². The Hall–Kier alpha value is -3.13. The Balaban J connectivity index is 1.64. The summed E-state index contributed by atoms with van der Waals surface area (Å²) >= 11 is 0. The molecule has 0 bridgehead atoms. The maximum absolute atomic E-state index is 12.9. The van der Waals surface area contributed by atoms with Crippen LogP contribution in [0.15, 0.2) is 48.8 Å². The molecule has 0 spiro atoms. The molecule has 2 aromatic carbocycles. The van der Waals surface area contributed by atoms with Crippen molar-refractivity contribution in [2.45, 2.75) is 31.5 Å². The van der Waals surface area contributed by atoms with E-state index in [0.29, 0.717) is 23.5 Å². The van der Waals surface area contributed by atoms with Crippen molar-refractivity contribution in [3.63, 3.8) is 0 Å². The number of anilines is 3. The molecule has 1 aromatic heterocycles. The van der Waals surface area contributed by atoms with Gasteiger partial charge in [-0.3, -0.25) is 0 Å². The summed E-state index contributed by atoms with van der Waals surface area (Å²) in [7, 11) is 0. The molecule has 4 rings (SSSR count). The van der Waals surface area contributed by atoms with Crippen molar-refractivity contribution in [3.8, 4) is 11.3 Å². The van der Waals surface area contributed by atoms with Crippen LogP contribution in [0.25, 0.3) is 11.3 Å². The molecular formula is C21H19F3N4O. The Labute approximate surface area is 165 Å². The van der Waals surface area contributed by atoms with Gasteiger partial charge in [0, 0.05) is 29.4 Å². The lowest BCUT2D eigenvalue weighted by Gasteiger charge is -2.23. The molecule has 29 heavy (non-hydrogen) atoms. The van der Waals surface area contributed by atoms with Gasteiger partial charge in [-0.15, -0.1) is 0 Å². The number of hydrogen-bond acceptors (Lipinski definition) is 5. The molecule has 0 amide bonds. The topological polar surface area (TPSA) is 84.1 Å². The van der Waals surface area contributed by atoms with Crippen LogP contribution in [0.3, 0.4) is 0 Å². The number of nitrogens with zero attached hydrogens (tertiary/aromatic N) is 2. The minimum Gasteiger partial charge on any atom is -0.398 e. The number of nitrogen functional groups attached to an aromatic ring is 1. The van der Waals surface area contributed by atoms with E-state index >= 15 is 0 Å². The van der Waals surface area contributed by atoms with E-state index in [1.54, 1.807) is 6.07 Å².